The Labute approximate surface area is 145 Å². The Morgan fingerprint density at radius 1 is 1.38 bits per heavy atom. The molecule has 0 radical (unpaired) electrons. The van der Waals surface area contributed by atoms with Gasteiger partial charge in [-0.15, -0.1) is 0 Å². The van der Waals surface area contributed by atoms with Gasteiger partial charge in [-0.25, -0.2) is 14.8 Å². The van der Waals surface area contributed by atoms with Crippen molar-refractivity contribution in [1.82, 2.24) is 25.5 Å². The Morgan fingerprint density at radius 3 is 2.88 bits per heavy atom. The van der Waals surface area contributed by atoms with E-state index in [-0.39, 0.29) is 12.1 Å². The van der Waals surface area contributed by atoms with Crippen molar-refractivity contribution in [3.05, 3.63) is 23.8 Å². The Kier molecular flexibility index (Phi) is 6.97. The molecule has 0 unspecified atom stereocenters. The van der Waals surface area contributed by atoms with Gasteiger partial charge in [0.15, 0.2) is 0 Å². The van der Waals surface area contributed by atoms with Crippen LogP contribution < -0.4 is 10.6 Å². The van der Waals surface area contributed by atoms with Gasteiger partial charge in [0.05, 0.1) is 5.69 Å². The average molecular weight is 333 g/mol. The summed E-state index contributed by atoms with van der Waals surface area (Å²) in [6, 6.07) is 2.10. The molecule has 0 spiro atoms. The topological polar surface area (TPSA) is 70.2 Å². The van der Waals surface area contributed by atoms with Crippen molar-refractivity contribution in [3.63, 3.8) is 0 Å². The fourth-order valence-corrected chi connectivity index (χ4v) is 3.02. The molecule has 2 heterocycles. The fraction of sp³-hybridized carbons (Fsp3) is 0.722. The Hall–Kier alpha value is -1.69. The van der Waals surface area contributed by atoms with Crippen LogP contribution in [0.5, 0.6) is 0 Å². The number of rotatable bonds is 6. The second-order valence-electron chi connectivity index (χ2n) is 7.31. The first kappa shape index (κ1) is 18.6. The number of hydrogen-bond donors (Lipinski definition) is 2. The number of hydrogen-bond acceptors (Lipinski definition) is 4. The molecule has 0 aromatic carbocycles. The van der Waals surface area contributed by atoms with E-state index >= 15 is 0 Å². The zero-order chi connectivity index (χ0) is 17.5. The summed E-state index contributed by atoms with van der Waals surface area (Å²) in [6.45, 7) is 11.9. The van der Waals surface area contributed by atoms with Gasteiger partial charge >= 0.3 is 6.03 Å². The van der Waals surface area contributed by atoms with Crippen LogP contribution in [0.4, 0.5) is 4.79 Å². The van der Waals surface area contributed by atoms with Crippen molar-refractivity contribution >= 4 is 6.03 Å². The van der Waals surface area contributed by atoms with Crippen LogP contribution in [-0.4, -0.2) is 46.6 Å². The summed E-state index contributed by atoms with van der Waals surface area (Å²) < 4.78 is 0. The quantitative estimate of drug-likeness (QED) is 0.839. The van der Waals surface area contributed by atoms with E-state index in [0.717, 1.165) is 37.7 Å². The molecule has 6 heteroatoms. The van der Waals surface area contributed by atoms with Crippen LogP contribution in [-0.2, 0) is 6.54 Å². The molecule has 1 atom stereocenters. The molecule has 6 nitrogen and oxygen atoms in total. The van der Waals surface area contributed by atoms with Gasteiger partial charge in [0, 0.05) is 37.8 Å². The molecule has 0 bridgehead atoms. The highest BCUT2D eigenvalue weighted by molar-refractivity contribution is 5.74. The lowest BCUT2D eigenvalue weighted by molar-refractivity contribution is 0.163. The highest BCUT2D eigenvalue weighted by Gasteiger charge is 2.21. The molecule has 1 aromatic rings. The van der Waals surface area contributed by atoms with Gasteiger partial charge in [0.1, 0.15) is 5.82 Å². The average Bonchev–Trinajstić information content (AvgIpc) is 2.53. The minimum atomic E-state index is -0.0699. The fourth-order valence-electron chi connectivity index (χ4n) is 3.02. The monoisotopic (exact) mass is 333 g/mol. The van der Waals surface area contributed by atoms with Gasteiger partial charge in [-0.05, 0) is 45.2 Å². The van der Waals surface area contributed by atoms with E-state index in [1.807, 2.05) is 26.1 Å². The van der Waals surface area contributed by atoms with Crippen LogP contribution in [0.3, 0.4) is 0 Å². The van der Waals surface area contributed by atoms with E-state index in [4.69, 9.17) is 0 Å². The molecule has 2 amide bonds. The van der Waals surface area contributed by atoms with Gasteiger partial charge in [0.2, 0.25) is 0 Å². The second-order valence-corrected chi connectivity index (χ2v) is 7.31. The van der Waals surface area contributed by atoms with Crippen LogP contribution in [0, 0.1) is 5.92 Å². The number of nitrogens with one attached hydrogen (secondary N) is 2. The van der Waals surface area contributed by atoms with Crippen molar-refractivity contribution in [3.8, 4) is 0 Å². The Morgan fingerprint density at radius 2 is 2.17 bits per heavy atom. The minimum Gasteiger partial charge on any atom is -0.338 e. The molecule has 0 aliphatic carbocycles. The van der Waals surface area contributed by atoms with Crippen LogP contribution >= 0.6 is 0 Å². The third-order valence-corrected chi connectivity index (χ3v) is 4.21. The van der Waals surface area contributed by atoms with E-state index in [2.05, 4.69) is 39.3 Å². The summed E-state index contributed by atoms with van der Waals surface area (Å²) in [4.78, 5) is 23.2. The third kappa shape index (κ3) is 6.07. The lowest BCUT2D eigenvalue weighted by atomic mass is 9.98. The zero-order valence-electron chi connectivity index (χ0n) is 15.4. The smallest absolute Gasteiger partial charge is 0.314 e. The summed E-state index contributed by atoms with van der Waals surface area (Å²) in [5.74, 6) is 1.76. The number of urea groups is 1. The number of likely N-dealkylation sites (tertiary alicyclic amines) is 1. The molecule has 1 aromatic heterocycles. The number of amides is 2. The van der Waals surface area contributed by atoms with Gasteiger partial charge in [-0.3, -0.25) is 4.90 Å². The first-order valence-corrected chi connectivity index (χ1v) is 9.02. The number of piperidine rings is 1. The maximum atomic E-state index is 11.7. The molecule has 0 saturated carbocycles. The van der Waals surface area contributed by atoms with E-state index in [1.165, 1.54) is 12.8 Å². The third-order valence-electron chi connectivity index (χ3n) is 4.21. The van der Waals surface area contributed by atoms with Crippen molar-refractivity contribution in [2.45, 2.75) is 59.0 Å². The summed E-state index contributed by atoms with van der Waals surface area (Å²) in [5.41, 5.74) is 1.08. The molecule has 1 aliphatic heterocycles. The van der Waals surface area contributed by atoms with E-state index in [0.29, 0.717) is 11.8 Å². The normalized spacial score (nSPS) is 18.8. The van der Waals surface area contributed by atoms with E-state index in [1.54, 1.807) is 0 Å². The Bertz CT molecular complexity index is 532. The summed E-state index contributed by atoms with van der Waals surface area (Å²) in [7, 11) is 0. The minimum absolute atomic E-state index is 0.0699. The van der Waals surface area contributed by atoms with Gasteiger partial charge in [0.25, 0.3) is 0 Å². The molecule has 2 N–H and O–H groups in total. The molecule has 1 fully saturated rings. The molecular formula is C18H31N5O. The van der Waals surface area contributed by atoms with Crippen LogP contribution in [0.2, 0.25) is 0 Å². The zero-order valence-corrected chi connectivity index (χ0v) is 15.4. The lowest BCUT2D eigenvalue weighted by Gasteiger charge is -2.32. The molecule has 1 saturated heterocycles. The summed E-state index contributed by atoms with van der Waals surface area (Å²) in [5, 5.41) is 5.86. The van der Waals surface area contributed by atoms with Crippen molar-refractivity contribution in [2.75, 3.05) is 19.6 Å². The van der Waals surface area contributed by atoms with Crippen molar-refractivity contribution in [2.24, 2.45) is 5.92 Å². The first-order chi connectivity index (χ1) is 11.4. The van der Waals surface area contributed by atoms with Gasteiger partial charge < -0.3 is 10.6 Å². The Balaban J connectivity index is 1.82. The van der Waals surface area contributed by atoms with Gasteiger partial charge in [-0.2, -0.15) is 0 Å². The van der Waals surface area contributed by atoms with Crippen LogP contribution in [0.15, 0.2) is 12.3 Å². The number of aromatic nitrogens is 2. The standard InChI is InChI=1S/C18H31N5O/c1-13(2)17-19-8-7-16(22-17)12-23-9-5-6-15(11-23)10-20-18(24)21-14(3)4/h7-8,13-15H,5-6,9-12H2,1-4H3,(H2,20,21,24)/t15-/m0/s1. The maximum absolute atomic E-state index is 11.7. The number of carbonyl (C=O) groups excluding carboxylic acids is 1. The molecular weight excluding hydrogens is 302 g/mol. The van der Waals surface area contributed by atoms with E-state index < -0.39 is 0 Å². The predicted octanol–water partition coefficient (Wildman–Crippen LogP) is 2.52. The highest BCUT2D eigenvalue weighted by Crippen LogP contribution is 2.18. The molecule has 1 aliphatic rings. The van der Waals surface area contributed by atoms with E-state index in [9.17, 15) is 4.79 Å². The molecule has 134 valence electrons. The summed E-state index contributed by atoms with van der Waals surface area (Å²) in [6.07, 6.45) is 4.19. The predicted molar refractivity (Wildman–Crippen MR) is 95.8 cm³/mol. The molecule has 24 heavy (non-hydrogen) atoms. The second kappa shape index (κ2) is 8.97. The largest absolute Gasteiger partial charge is 0.338 e. The lowest BCUT2D eigenvalue weighted by Crippen LogP contribution is -2.45. The number of carbonyl (C=O) groups is 1. The first-order valence-electron chi connectivity index (χ1n) is 9.02. The summed E-state index contributed by atoms with van der Waals surface area (Å²) >= 11 is 0. The van der Waals surface area contributed by atoms with Crippen LogP contribution in [0.25, 0.3) is 0 Å². The van der Waals surface area contributed by atoms with Gasteiger partial charge in [-0.1, -0.05) is 13.8 Å². The SMILES string of the molecule is CC(C)NC(=O)NC[C@@H]1CCCN(Cc2ccnc(C(C)C)n2)C1. The van der Waals surface area contributed by atoms with Crippen molar-refractivity contribution in [1.29, 1.82) is 0 Å². The molecule has 2 rings (SSSR count). The van der Waals surface area contributed by atoms with Crippen LogP contribution in [0.1, 0.15) is 58.0 Å². The van der Waals surface area contributed by atoms with Crippen molar-refractivity contribution < 1.29 is 4.79 Å². The maximum Gasteiger partial charge on any atom is 0.314 e. The number of nitrogens with zero attached hydrogens (tertiary/aromatic N) is 3. The highest BCUT2D eigenvalue weighted by atomic mass is 16.2.